The van der Waals surface area contributed by atoms with E-state index >= 15 is 0 Å². The fourth-order valence-corrected chi connectivity index (χ4v) is 3.56. The van der Waals surface area contributed by atoms with E-state index in [1.54, 1.807) is 21.3 Å². The number of carbonyl (C=O) groups excluding carboxylic acids is 1. The zero-order valence-corrected chi connectivity index (χ0v) is 18.4. The maximum absolute atomic E-state index is 12.2. The Morgan fingerprint density at radius 1 is 1.03 bits per heavy atom. The second kappa shape index (κ2) is 10.6. The van der Waals surface area contributed by atoms with Crippen molar-refractivity contribution in [2.75, 3.05) is 39.5 Å². The monoisotopic (exact) mass is 443 g/mol. The summed E-state index contributed by atoms with van der Waals surface area (Å²) in [7, 11) is 4.79. The minimum absolute atomic E-state index is 0.112. The lowest BCUT2D eigenvalue weighted by Crippen LogP contribution is -2.27. The standard InChI is InChI=1S/C21H25N5O4S/c1-28-16-7-5-15(6-8-16)20-24-25-21(26(20)22)31-13-19(27)23-11-10-14-4-9-17(29-2)18(12-14)30-3/h4-9,12H,10-11,13,22H2,1-3H3,(H,23,27). The lowest BCUT2D eigenvalue weighted by molar-refractivity contribution is -0.118. The number of amides is 1. The fourth-order valence-electron chi connectivity index (χ4n) is 2.88. The first-order valence-electron chi connectivity index (χ1n) is 9.51. The lowest BCUT2D eigenvalue weighted by atomic mass is 10.1. The van der Waals surface area contributed by atoms with Crippen molar-refractivity contribution in [2.45, 2.75) is 11.6 Å². The number of aromatic nitrogens is 3. The number of nitrogens with one attached hydrogen (secondary N) is 1. The van der Waals surface area contributed by atoms with Gasteiger partial charge in [-0.05, 0) is 48.4 Å². The van der Waals surface area contributed by atoms with Gasteiger partial charge in [0.1, 0.15) is 5.75 Å². The molecule has 3 aromatic rings. The average Bonchev–Trinajstić information content (AvgIpc) is 3.17. The first kappa shape index (κ1) is 22.3. The van der Waals surface area contributed by atoms with Gasteiger partial charge >= 0.3 is 0 Å². The molecule has 1 aromatic heterocycles. The molecule has 1 amide bonds. The number of nitrogens with two attached hydrogens (primary N) is 1. The summed E-state index contributed by atoms with van der Waals surface area (Å²) in [5.74, 6) is 8.77. The van der Waals surface area contributed by atoms with Crippen LogP contribution in [0, 0.1) is 0 Å². The predicted molar refractivity (Wildman–Crippen MR) is 119 cm³/mol. The Hall–Kier alpha value is -3.40. The zero-order valence-electron chi connectivity index (χ0n) is 17.6. The molecule has 10 heteroatoms. The highest BCUT2D eigenvalue weighted by Gasteiger charge is 2.14. The van der Waals surface area contributed by atoms with Gasteiger partial charge in [0.2, 0.25) is 11.1 Å². The number of nitrogen functional groups attached to an aromatic ring is 1. The van der Waals surface area contributed by atoms with Gasteiger partial charge < -0.3 is 25.4 Å². The second-order valence-electron chi connectivity index (χ2n) is 6.48. The maximum Gasteiger partial charge on any atom is 0.230 e. The first-order chi connectivity index (χ1) is 15.0. The van der Waals surface area contributed by atoms with E-state index < -0.39 is 0 Å². The molecule has 0 saturated carbocycles. The highest BCUT2D eigenvalue weighted by atomic mass is 32.2. The molecule has 0 aliphatic rings. The Morgan fingerprint density at radius 2 is 1.77 bits per heavy atom. The topological polar surface area (TPSA) is 114 Å². The van der Waals surface area contributed by atoms with Crippen molar-refractivity contribution >= 4 is 17.7 Å². The predicted octanol–water partition coefficient (Wildman–Crippen LogP) is 2.14. The van der Waals surface area contributed by atoms with Crippen LogP contribution in [0.1, 0.15) is 5.56 Å². The molecule has 0 radical (unpaired) electrons. The molecule has 0 aliphatic carbocycles. The van der Waals surface area contributed by atoms with Crippen LogP contribution in [-0.4, -0.2) is 54.4 Å². The van der Waals surface area contributed by atoms with Gasteiger partial charge in [0, 0.05) is 12.1 Å². The van der Waals surface area contributed by atoms with Crippen LogP contribution in [-0.2, 0) is 11.2 Å². The van der Waals surface area contributed by atoms with Gasteiger partial charge in [-0.25, -0.2) is 4.68 Å². The molecule has 0 aliphatic heterocycles. The highest BCUT2D eigenvalue weighted by Crippen LogP contribution is 2.27. The van der Waals surface area contributed by atoms with Gasteiger partial charge in [-0.1, -0.05) is 17.8 Å². The molecular formula is C21H25N5O4S. The molecular weight excluding hydrogens is 418 g/mol. The number of ether oxygens (including phenoxy) is 3. The Labute approximate surface area is 184 Å². The number of nitrogens with zero attached hydrogens (tertiary/aromatic N) is 3. The van der Waals surface area contributed by atoms with Crippen molar-refractivity contribution in [1.29, 1.82) is 0 Å². The van der Waals surface area contributed by atoms with Gasteiger partial charge in [-0.3, -0.25) is 4.79 Å². The first-order valence-corrected chi connectivity index (χ1v) is 10.5. The fraction of sp³-hybridized carbons (Fsp3) is 0.286. The molecule has 0 spiro atoms. The van der Waals surface area contributed by atoms with E-state index in [0.29, 0.717) is 35.4 Å². The Morgan fingerprint density at radius 3 is 2.45 bits per heavy atom. The van der Waals surface area contributed by atoms with Gasteiger partial charge in [-0.2, -0.15) is 0 Å². The third kappa shape index (κ3) is 5.60. The van der Waals surface area contributed by atoms with Crippen LogP contribution in [0.2, 0.25) is 0 Å². The summed E-state index contributed by atoms with van der Waals surface area (Å²) in [6.45, 7) is 0.501. The van der Waals surface area contributed by atoms with Crippen LogP contribution in [0.5, 0.6) is 17.2 Å². The van der Waals surface area contributed by atoms with E-state index in [9.17, 15) is 4.79 Å². The summed E-state index contributed by atoms with van der Waals surface area (Å²) < 4.78 is 17.1. The van der Waals surface area contributed by atoms with Gasteiger partial charge in [0.15, 0.2) is 17.3 Å². The van der Waals surface area contributed by atoms with Gasteiger partial charge in [0.05, 0.1) is 27.1 Å². The average molecular weight is 444 g/mol. The smallest absolute Gasteiger partial charge is 0.230 e. The minimum Gasteiger partial charge on any atom is -0.497 e. The van der Waals surface area contributed by atoms with Crippen LogP contribution in [0.25, 0.3) is 11.4 Å². The Bertz CT molecular complexity index is 1020. The lowest BCUT2D eigenvalue weighted by Gasteiger charge is -2.10. The van der Waals surface area contributed by atoms with Crippen LogP contribution in [0.3, 0.4) is 0 Å². The van der Waals surface area contributed by atoms with E-state index in [2.05, 4.69) is 15.5 Å². The van der Waals surface area contributed by atoms with Crippen LogP contribution < -0.4 is 25.4 Å². The second-order valence-corrected chi connectivity index (χ2v) is 7.43. The van der Waals surface area contributed by atoms with Crippen molar-refractivity contribution < 1.29 is 19.0 Å². The maximum atomic E-state index is 12.2. The third-order valence-corrected chi connectivity index (χ3v) is 5.47. The number of rotatable bonds is 10. The molecule has 2 aromatic carbocycles. The normalized spacial score (nSPS) is 10.5. The summed E-state index contributed by atoms with van der Waals surface area (Å²) in [6.07, 6.45) is 0.672. The molecule has 1 heterocycles. The molecule has 164 valence electrons. The molecule has 9 nitrogen and oxygen atoms in total. The molecule has 3 rings (SSSR count). The van der Waals surface area contributed by atoms with Crippen molar-refractivity contribution in [3.63, 3.8) is 0 Å². The number of hydrogen-bond donors (Lipinski definition) is 2. The van der Waals surface area contributed by atoms with Crippen molar-refractivity contribution in [3.05, 3.63) is 48.0 Å². The number of carbonyl (C=O) groups is 1. The molecule has 0 atom stereocenters. The third-order valence-electron chi connectivity index (χ3n) is 4.53. The van der Waals surface area contributed by atoms with E-state index in [0.717, 1.165) is 16.9 Å². The zero-order chi connectivity index (χ0) is 22.2. The highest BCUT2D eigenvalue weighted by molar-refractivity contribution is 7.99. The van der Waals surface area contributed by atoms with E-state index in [1.165, 1.54) is 16.4 Å². The molecule has 0 unspecified atom stereocenters. The molecule has 31 heavy (non-hydrogen) atoms. The largest absolute Gasteiger partial charge is 0.497 e. The molecule has 0 saturated heterocycles. The van der Waals surface area contributed by atoms with Gasteiger partial charge in [-0.15, -0.1) is 10.2 Å². The number of hydrogen-bond acceptors (Lipinski definition) is 8. The van der Waals surface area contributed by atoms with Crippen LogP contribution in [0.4, 0.5) is 0 Å². The Balaban J connectivity index is 1.49. The summed E-state index contributed by atoms with van der Waals surface area (Å²) >= 11 is 1.23. The number of thioether (sulfide) groups is 1. The quantitative estimate of drug-likeness (QED) is 0.362. The number of benzene rings is 2. The summed E-state index contributed by atoms with van der Waals surface area (Å²) in [5.41, 5.74) is 1.85. The summed E-state index contributed by atoms with van der Waals surface area (Å²) in [5, 5.41) is 11.6. The molecule has 0 bridgehead atoms. The Kier molecular flexibility index (Phi) is 7.60. The van der Waals surface area contributed by atoms with E-state index in [4.69, 9.17) is 20.1 Å². The van der Waals surface area contributed by atoms with E-state index in [1.807, 2.05) is 42.5 Å². The molecule has 3 N–H and O–H groups in total. The molecule has 0 fully saturated rings. The van der Waals surface area contributed by atoms with Crippen molar-refractivity contribution in [2.24, 2.45) is 0 Å². The van der Waals surface area contributed by atoms with Crippen molar-refractivity contribution in [3.8, 4) is 28.6 Å². The SMILES string of the molecule is COc1ccc(-c2nnc(SCC(=O)NCCc3ccc(OC)c(OC)c3)n2N)cc1. The number of methoxy groups -OCH3 is 3. The summed E-state index contributed by atoms with van der Waals surface area (Å²) in [6, 6.07) is 13.0. The van der Waals surface area contributed by atoms with Crippen LogP contribution in [0.15, 0.2) is 47.6 Å². The van der Waals surface area contributed by atoms with Crippen molar-refractivity contribution in [1.82, 2.24) is 20.2 Å². The summed E-state index contributed by atoms with van der Waals surface area (Å²) in [4.78, 5) is 12.2. The van der Waals surface area contributed by atoms with Crippen LogP contribution >= 0.6 is 11.8 Å². The minimum atomic E-state index is -0.112. The van der Waals surface area contributed by atoms with Gasteiger partial charge in [0.25, 0.3) is 0 Å². The van der Waals surface area contributed by atoms with E-state index in [-0.39, 0.29) is 11.7 Å².